The van der Waals surface area contributed by atoms with E-state index in [0.717, 1.165) is 12.8 Å². The molecule has 1 saturated carbocycles. The van der Waals surface area contributed by atoms with Crippen LogP contribution in [0, 0.1) is 0 Å². The molecule has 0 amide bonds. The number of rotatable bonds is 3. The van der Waals surface area contributed by atoms with Crippen molar-refractivity contribution in [1.29, 1.82) is 0 Å². The summed E-state index contributed by atoms with van der Waals surface area (Å²) in [5.41, 5.74) is 0.444. The lowest BCUT2D eigenvalue weighted by molar-refractivity contribution is 0.121. The highest BCUT2D eigenvalue weighted by molar-refractivity contribution is 6.59. The fraction of sp³-hybridized carbons (Fsp3) is 0.400. The van der Waals surface area contributed by atoms with Crippen LogP contribution in [0.5, 0.6) is 5.75 Å². The minimum absolute atomic E-state index is 0.259. The Morgan fingerprint density at radius 1 is 1.21 bits per heavy atom. The molecule has 0 spiro atoms. The van der Waals surface area contributed by atoms with Gasteiger partial charge in [0.1, 0.15) is 5.75 Å². The Balaban J connectivity index is 2.13. The van der Waals surface area contributed by atoms with Crippen LogP contribution in [0.25, 0.3) is 0 Å². The minimum Gasteiger partial charge on any atom is -0.491 e. The fourth-order valence-corrected chi connectivity index (χ4v) is 1.47. The Morgan fingerprint density at radius 2 is 1.93 bits per heavy atom. The topological polar surface area (TPSA) is 49.7 Å². The van der Waals surface area contributed by atoms with Gasteiger partial charge in [-0.2, -0.15) is 0 Å². The molecule has 0 atom stereocenters. The van der Waals surface area contributed by atoms with Gasteiger partial charge in [-0.3, -0.25) is 0 Å². The molecule has 1 aliphatic carbocycles. The monoisotopic (exact) mass is 192 g/mol. The fourth-order valence-electron chi connectivity index (χ4n) is 1.47. The van der Waals surface area contributed by atoms with Crippen LogP contribution in [0.1, 0.15) is 19.3 Å². The van der Waals surface area contributed by atoms with Gasteiger partial charge in [0.25, 0.3) is 0 Å². The molecule has 2 rings (SSSR count). The summed E-state index contributed by atoms with van der Waals surface area (Å²) < 4.78 is 5.62. The van der Waals surface area contributed by atoms with E-state index < -0.39 is 7.12 Å². The van der Waals surface area contributed by atoms with Crippen LogP contribution in [-0.4, -0.2) is 23.3 Å². The van der Waals surface area contributed by atoms with Crippen molar-refractivity contribution >= 4 is 12.6 Å². The number of benzene rings is 1. The van der Waals surface area contributed by atoms with Crippen LogP contribution in [0.4, 0.5) is 0 Å². The second-order valence-electron chi connectivity index (χ2n) is 3.58. The number of hydrogen-bond acceptors (Lipinski definition) is 3. The van der Waals surface area contributed by atoms with Gasteiger partial charge in [-0.15, -0.1) is 0 Å². The summed E-state index contributed by atoms with van der Waals surface area (Å²) in [4.78, 5) is 0. The molecular weight excluding hydrogens is 179 g/mol. The van der Waals surface area contributed by atoms with Gasteiger partial charge in [0.05, 0.1) is 6.10 Å². The third-order valence-corrected chi connectivity index (χ3v) is 2.54. The van der Waals surface area contributed by atoms with Crippen molar-refractivity contribution in [2.75, 3.05) is 0 Å². The Morgan fingerprint density at radius 3 is 2.50 bits per heavy atom. The summed E-state index contributed by atoms with van der Waals surface area (Å²) in [5, 5.41) is 18.2. The number of hydrogen-bond donors (Lipinski definition) is 2. The molecule has 74 valence electrons. The van der Waals surface area contributed by atoms with Crippen molar-refractivity contribution in [3.8, 4) is 5.75 Å². The average molecular weight is 192 g/mol. The van der Waals surface area contributed by atoms with Gasteiger partial charge in [0.2, 0.25) is 0 Å². The Bertz CT molecular complexity index is 310. The van der Waals surface area contributed by atoms with Crippen molar-refractivity contribution in [3.05, 3.63) is 24.3 Å². The molecule has 4 heteroatoms. The van der Waals surface area contributed by atoms with E-state index in [1.54, 1.807) is 18.2 Å². The quantitative estimate of drug-likeness (QED) is 0.677. The van der Waals surface area contributed by atoms with E-state index in [0.29, 0.717) is 11.2 Å². The lowest BCUT2D eigenvalue weighted by atomic mass is 9.79. The summed E-state index contributed by atoms with van der Waals surface area (Å²) in [7, 11) is -1.45. The molecule has 1 aromatic carbocycles. The zero-order valence-corrected chi connectivity index (χ0v) is 7.89. The lowest BCUT2D eigenvalue weighted by Crippen LogP contribution is -2.34. The third kappa shape index (κ3) is 1.91. The molecule has 3 nitrogen and oxygen atoms in total. The van der Waals surface area contributed by atoms with Gasteiger partial charge >= 0.3 is 7.12 Å². The van der Waals surface area contributed by atoms with Crippen molar-refractivity contribution in [3.63, 3.8) is 0 Å². The van der Waals surface area contributed by atoms with Crippen LogP contribution in [0.2, 0.25) is 0 Å². The molecule has 1 aliphatic rings. The van der Waals surface area contributed by atoms with Crippen LogP contribution in [0.3, 0.4) is 0 Å². The normalized spacial score (nSPS) is 16.1. The van der Waals surface area contributed by atoms with Crippen LogP contribution in [0.15, 0.2) is 24.3 Å². The van der Waals surface area contributed by atoms with E-state index in [2.05, 4.69) is 0 Å². The van der Waals surface area contributed by atoms with Crippen molar-refractivity contribution in [2.45, 2.75) is 25.4 Å². The maximum absolute atomic E-state index is 9.08. The second kappa shape index (κ2) is 4.03. The molecule has 0 saturated heterocycles. The molecular formula is C10H13BO3. The molecule has 14 heavy (non-hydrogen) atoms. The van der Waals surface area contributed by atoms with Crippen molar-refractivity contribution in [2.24, 2.45) is 0 Å². The first-order valence-electron chi connectivity index (χ1n) is 4.89. The highest BCUT2D eigenvalue weighted by Crippen LogP contribution is 2.23. The number of ether oxygens (including phenoxy) is 1. The van der Waals surface area contributed by atoms with Gasteiger partial charge in [0.15, 0.2) is 0 Å². The first-order chi connectivity index (χ1) is 6.77. The van der Waals surface area contributed by atoms with E-state index in [1.807, 2.05) is 6.07 Å². The second-order valence-corrected chi connectivity index (χ2v) is 3.58. The summed E-state index contributed by atoms with van der Waals surface area (Å²) >= 11 is 0. The minimum atomic E-state index is -1.45. The zero-order valence-electron chi connectivity index (χ0n) is 7.89. The Labute approximate surface area is 83.5 Å². The van der Waals surface area contributed by atoms with E-state index in [1.165, 1.54) is 6.42 Å². The molecule has 1 aromatic rings. The molecule has 0 aliphatic heterocycles. The van der Waals surface area contributed by atoms with Crippen molar-refractivity contribution in [1.82, 2.24) is 0 Å². The SMILES string of the molecule is OB(O)c1ccccc1OC1CCC1. The van der Waals surface area contributed by atoms with Crippen molar-refractivity contribution < 1.29 is 14.8 Å². The largest absolute Gasteiger partial charge is 0.492 e. The van der Waals surface area contributed by atoms with Crippen LogP contribution >= 0.6 is 0 Å². The maximum Gasteiger partial charge on any atom is 0.492 e. The van der Waals surface area contributed by atoms with Gasteiger partial charge in [0, 0.05) is 5.46 Å². The van der Waals surface area contributed by atoms with E-state index in [4.69, 9.17) is 14.8 Å². The Hall–Kier alpha value is -0.995. The zero-order chi connectivity index (χ0) is 9.97. The standard InChI is InChI=1S/C10H13BO3/c12-11(13)9-6-1-2-7-10(9)14-8-4-3-5-8/h1-2,6-8,12-13H,3-5H2. The van der Waals surface area contributed by atoms with E-state index in [9.17, 15) is 0 Å². The third-order valence-electron chi connectivity index (χ3n) is 2.54. The maximum atomic E-state index is 9.08. The molecule has 0 unspecified atom stereocenters. The Kier molecular flexibility index (Phi) is 2.75. The van der Waals surface area contributed by atoms with Crippen LogP contribution in [-0.2, 0) is 0 Å². The molecule has 2 N–H and O–H groups in total. The van der Waals surface area contributed by atoms with Crippen LogP contribution < -0.4 is 10.2 Å². The first-order valence-corrected chi connectivity index (χ1v) is 4.89. The predicted molar refractivity (Wildman–Crippen MR) is 54.5 cm³/mol. The molecule has 1 fully saturated rings. The van der Waals surface area contributed by atoms with E-state index in [-0.39, 0.29) is 6.10 Å². The van der Waals surface area contributed by atoms with Gasteiger partial charge < -0.3 is 14.8 Å². The van der Waals surface area contributed by atoms with E-state index >= 15 is 0 Å². The summed E-state index contributed by atoms with van der Waals surface area (Å²) in [6.45, 7) is 0. The smallest absolute Gasteiger partial charge is 0.491 e. The first kappa shape index (κ1) is 9.56. The lowest BCUT2D eigenvalue weighted by Gasteiger charge is -2.27. The van der Waals surface area contributed by atoms with Gasteiger partial charge in [-0.1, -0.05) is 18.2 Å². The highest BCUT2D eigenvalue weighted by atomic mass is 16.5. The van der Waals surface area contributed by atoms with Gasteiger partial charge in [-0.05, 0) is 25.3 Å². The highest BCUT2D eigenvalue weighted by Gasteiger charge is 2.23. The molecule has 0 heterocycles. The van der Waals surface area contributed by atoms with Gasteiger partial charge in [-0.25, -0.2) is 0 Å². The summed E-state index contributed by atoms with van der Waals surface area (Å²) in [6, 6.07) is 7.04. The molecule has 0 bridgehead atoms. The summed E-state index contributed by atoms with van der Waals surface area (Å²) in [5.74, 6) is 0.590. The average Bonchev–Trinajstić information content (AvgIpc) is 2.12. The summed E-state index contributed by atoms with van der Waals surface area (Å²) in [6.07, 6.45) is 3.59. The molecule has 0 aromatic heterocycles. The molecule has 0 radical (unpaired) electrons. The number of para-hydroxylation sites is 1. The predicted octanol–water partition coefficient (Wildman–Crippen LogP) is 0.298.